The highest BCUT2D eigenvalue weighted by Crippen LogP contribution is 2.37. The molecule has 29 heavy (non-hydrogen) atoms. The molecular formula is C24H20N4O. The van der Waals surface area contributed by atoms with E-state index in [2.05, 4.69) is 22.2 Å². The molecule has 0 amide bonds. The van der Waals surface area contributed by atoms with Crippen molar-refractivity contribution in [2.45, 2.75) is 20.1 Å². The topological polar surface area (TPSA) is 63.8 Å². The van der Waals surface area contributed by atoms with Gasteiger partial charge in [-0.15, -0.1) is 0 Å². The highest BCUT2D eigenvalue weighted by Gasteiger charge is 2.20. The number of aliphatic hydroxyl groups excluding tert-OH is 1. The lowest BCUT2D eigenvalue weighted by Gasteiger charge is -2.15. The van der Waals surface area contributed by atoms with Crippen molar-refractivity contribution in [1.82, 2.24) is 19.7 Å². The van der Waals surface area contributed by atoms with Gasteiger partial charge in [-0.1, -0.05) is 48.5 Å². The Labute approximate surface area is 168 Å². The van der Waals surface area contributed by atoms with Crippen molar-refractivity contribution in [3.8, 4) is 22.4 Å². The van der Waals surface area contributed by atoms with Gasteiger partial charge in [0.15, 0.2) is 5.65 Å². The van der Waals surface area contributed by atoms with Crippen LogP contribution in [0.1, 0.15) is 12.5 Å². The lowest BCUT2D eigenvalue weighted by Crippen LogP contribution is -2.03. The molecule has 0 bridgehead atoms. The molecule has 0 aliphatic rings. The average Bonchev–Trinajstić information content (AvgIpc) is 3.20. The van der Waals surface area contributed by atoms with Gasteiger partial charge in [0, 0.05) is 45.8 Å². The zero-order chi connectivity index (χ0) is 19.8. The summed E-state index contributed by atoms with van der Waals surface area (Å²) in [5.74, 6) is 0. The van der Waals surface area contributed by atoms with Crippen LogP contribution in [0.2, 0.25) is 0 Å². The predicted octanol–water partition coefficient (Wildman–Crippen LogP) is 4.83. The van der Waals surface area contributed by atoms with E-state index in [1.165, 1.54) is 0 Å². The lowest BCUT2D eigenvalue weighted by atomic mass is 9.94. The van der Waals surface area contributed by atoms with Gasteiger partial charge in [0.1, 0.15) is 0 Å². The van der Waals surface area contributed by atoms with E-state index < -0.39 is 0 Å². The van der Waals surface area contributed by atoms with Gasteiger partial charge in [-0.2, -0.15) is 5.10 Å². The largest absolute Gasteiger partial charge is 0.392 e. The number of aliphatic hydroxyl groups is 1. The SMILES string of the molecule is CCn1ncc2c(-c3cnc4ccccc4c3)c(CO)c(-c3ccccc3)nc21. The Hall–Kier alpha value is -3.57. The molecule has 0 aliphatic carbocycles. The van der Waals surface area contributed by atoms with E-state index in [0.29, 0.717) is 0 Å². The smallest absolute Gasteiger partial charge is 0.159 e. The predicted molar refractivity (Wildman–Crippen MR) is 115 cm³/mol. The van der Waals surface area contributed by atoms with Crippen molar-refractivity contribution in [1.29, 1.82) is 0 Å². The number of benzene rings is 2. The van der Waals surface area contributed by atoms with E-state index in [-0.39, 0.29) is 6.61 Å². The van der Waals surface area contributed by atoms with Crippen LogP contribution in [0, 0.1) is 0 Å². The van der Waals surface area contributed by atoms with Gasteiger partial charge in [0.05, 0.1) is 24.0 Å². The summed E-state index contributed by atoms with van der Waals surface area (Å²) < 4.78 is 1.89. The van der Waals surface area contributed by atoms with E-state index in [1.807, 2.05) is 72.5 Å². The fraction of sp³-hybridized carbons (Fsp3) is 0.125. The maximum Gasteiger partial charge on any atom is 0.159 e. The summed E-state index contributed by atoms with van der Waals surface area (Å²) in [6, 6.07) is 20.1. The molecule has 0 saturated heterocycles. The number of hydrogen-bond donors (Lipinski definition) is 1. The number of para-hydroxylation sites is 1. The lowest BCUT2D eigenvalue weighted by molar-refractivity contribution is 0.282. The summed E-state index contributed by atoms with van der Waals surface area (Å²) >= 11 is 0. The molecule has 0 fully saturated rings. The number of pyridine rings is 2. The molecule has 0 unspecified atom stereocenters. The number of aromatic nitrogens is 4. The molecule has 5 aromatic rings. The van der Waals surface area contributed by atoms with Crippen LogP contribution in [0.15, 0.2) is 73.1 Å². The fourth-order valence-corrected chi connectivity index (χ4v) is 3.89. The van der Waals surface area contributed by atoms with Gasteiger partial charge in [0.25, 0.3) is 0 Å². The first kappa shape index (κ1) is 17.5. The first-order valence-corrected chi connectivity index (χ1v) is 9.70. The van der Waals surface area contributed by atoms with Crippen molar-refractivity contribution in [3.63, 3.8) is 0 Å². The van der Waals surface area contributed by atoms with Crippen LogP contribution < -0.4 is 0 Å². The molecule has 5 rings (SSSR count). The summed E-state index contributed by atoms with van der Waals surface area (Å²) in [5.41, 5.74) is 6.18. The zero-order valence-electron chi connectivity index (χ0n) is 16.1. The second kappa shape index (κ2) is 7.11. The number of nitrogens with zero attached hydrogens (tertiary/aromatic N) is 4. The minimum absolute atomic E-state index is 0.118. The van der Waals surface area contributed by atoms with Gasteiger partial charge in [0.2, 0.25) is 0 Å². The summed E-state index contributed by atoms with van der Waals surface area (Å²) in [4.78, 5) is 9.56. The van der Waals surface area contributed by atoms with Crippen LogP contribution in [0.4, 0.5) is 0 Å². The fourth-order valence-electron chi connectivity index (χ4n) is 3.89. The minimum Gasteiger partial charge on any atom is -0.392 e. The van der Waals surface area contributed by atoms with Crippen molar-refractivity contribution < 1.29 is 5.11 Å². The van der Waals surface area contributed by atoms with Gasteiger partial charge in [-0.3, -0.25) is 4.98 Å². The Morgan fingerprint density at radius 3 is 2.52 bits per heavy atom. The Balaban J connectivity index is 1.88. The van der Waals surface area contributed by atoms with E-state index in [0.717, 1.165) is 56.4 Å². The highest BCUT2D eigenvalue weighted by molar-refractivity contribution is 5.99. The first-order chi connectivity index (χ1) is 14.3. The van der Waals surface area contributed by atoms with Crippen molar-refractivity contribution in [2.75, 3.05) is 0 Å². The molecule has 0 radical (unpaired) electrons. The monoisotopic (exact) mass is 380 g/mol. The number of aryl methyl sites for hydroxylation is 1. The van der Waals surface area contributed by atoms with E-state index in [9.17, 15) is 5.11 Å². The van der Waals surface area contributed by atoms with Gasteiger partial charge in [-0.05, 0) is 19.1 Å². The molecule has 2 aromatic carbocycles. The van der Waals surface area contributed by atoms with Crippen LogP contribution >= 0.6 is 0 Å². The molecule has 0 atom stereocenters. The molecule has 3 heterocycles. The van der Waals surface area contributed by atoms with Crippen molar-refractivity contribution in [2.24, 2.45) is 0 Å². The first-order valence-electron chi connectivity index (χ1n) is 9.70. The van der Waals surface area contributed by atoms with Crippen LogP contribution in [-0.2, 0) is 13.2 Å². The highest BCUT2D eigenvalue weighted by atomic mass is 16.3. The third kappa shape index (κ3) is 2.87. The van der Waals surface area contributed by atoms with Crippen LogP contribution in [0.25, 0.3) is 44.3 Å². The van der Waals surface area contributed by atoms with Crippen LogP contribution in [0.3, 0.4) is 0 Å². The second-order valence-corrected chi connectivity index (χ2v) is 6.95. The average molecular weight is 380 g/mol. The molecule has 5 heteroatoms. The normalized spacial score (nSPS) is 11.4. The quantitative estimate of drug-likeness (QED) is 0.485. The number of fused-ring (bicyclic) bond motifs is 2. The molecule has 0 spiro atoms. The zero-order valence-corrected chi connectivity index (χ0v) is 16.1. The third-order valence-corrected chi connectivity index (χ3v) is 5.27. The molecule has 142 valence electrons. The van der Waals surface area contributed by atoms with Gasteiger partial charge >= 0.3 is 0 Å². The Morgan fingerprint density at radius 2 is 1.72 bits per heavy atom. The standard InChI is InChI=1S/C24H20N4O/c1-2-28-24-19(14-26-28)22(18-12-17-10-6-7-11-21(17)25-13-18)20(15-29)23(27-24)16-8-4-3-5-9-16/h3-14,29H,2,15H2,1H3. The van der Waals surface area contributed by atoms with E-state index in [4.69, 9.17) is 4.98 Å². The van der Waals surface area contributed by atoms with E-state index >= 15 is 0 Å². The summed E-state index contributed by atoms with van der Waals surface area (Å²) in [5, 5.41) is 16.9. The number of rotatable bonds is 4. The maximum absolute atomic E-state index is 10.4. The molecule has 5 nitrogen and oxygen atoms in total. The van der Waals surface area contributed by atoms with Gasteiger partial charge in [-0.25, -0.2) is 9.67 Å². The van der Waals surface area contributed by atoms with Crippen LogP contribution in [0.5, 0.6) is 0 Å². The molecule has 0 aliphatic heterocycles. The summed E-state index contributed by atoms with van der Waals surface area (Å²) in [6.07, 6.45) is 3.71. The third-order valence-electron chi connectivity index (χ3n) is 5.27. The molecule has 1 N–H and O–H groups in total. The van der Waals surface area contributed by atoms with Crippen molar-refractivity contribution in [3.05, 3.63) is 78.6 Å². The second-order valence-electron chi connectivity index (χ2n) is 6.95. The van der Waals surface area contributed by atoms with Crippen molar-refractivity contribution >= 4 is 21.9 Å². The molecule has 0 saturated carbocycles. The number of hydrogen-bond acceptors (Lipinski definition) is 4. The maximum atomic E-state index is 10.4. The Kier molecular flexibility index (Phi) is 4.30. The Morgan fingerprint density at radius 1 is 0.931 bits per heavy atom. The van der Waals surface area contributed by atoms with Crippen LogP contribution in [-0.4, -0.2) is 24.9 Å². The molecular weight excluding hydrogens is 360 g/mol. The minimum atomic E-state index is -0.118. The summed E-state index contributed by atoms with van der Waals surface area (Å²) in [7, 11) is 0. The van der Waals surface area contributed by atoms with Gasteiger partial charge < -0.3 is 5.11 Å². The molecule has 3 aromatic heterocycles. The summed E-state index contributed by atoms with van der Waals surface area (Å²) in [6.45, 7) is 2.65. The Bertz CT molecular complexity index is 1330. The van der Waals surface area contributed by atoms with E-state index in [1.54, 1.807) is 0 Å².